The second kappa shape index (κ2) is 6.21. The SMILES string of the molecule is Clc1ccc(C2NC3=NCN(n4cnnc4)CN3c3nc4ccccc4n32)cc1. The minimum Gasteiger partial charge on any atom is -0.331 e. The first kappa shape index (κ1) is 16.4. The first-order valence-electron chi connectivity index (χ1n) is 9.19. The molecule has 4 heterocycles. The molecule has 9 nitrogen and oxygen atoms in total. The Hall–Kier alpha value is -3.59. The fourth-order valence-electron chi connectivity index (χ4n) is 3.82. The van der Waals surface area contributed by atoms with Gasteiger partial charge in [-0.2, -0.15) is 0 Å². The number of fused-ring (bicyclic) bond motifs is 5. The number of guanidine groups is 1. The Morgan fingerprint density at radius 2 is 1.79 bits per heavy atom. The van der Waals surface area contributed by atoms with Gasteiger partial charge in [0.05, 0.1) is 11.0 Å². The van der Waals surface area contributed by atoms with Crippen molar-refractivity contribution in [3.63, 3.8) is 0 Å². The Morgan fingerprint density at radius 1 is 1.00 bits per heavy atom. The molecular weight excluding hydrogens is 390 g/mol. The van der Waals surface area contributed by atoms with Crippen LogP contribution in [0.2, 0.25) is 5.02 Å². The molecule has 0 radical (unpaired) electrons. The van der Waals surface area contributed by atoms with Crippen LogP contribution in [0.1, 0.15) is 11.7 Å². The van der Waals surface area contributed by atoms with Gasteiger partial charge in [-0.3, -0.25) is 14.5 Å². The van der Waals surface area contributed by atoms with Gasteiger partial charge in [-0.25, -0.2) is 14.7 Å². The number of anilines is 1. The molecule has 1 unspecified atom stereocenters. The molecule has 2 aliphatic rings. The summed E-state index contributed by atoms with van der Waals surface area (Å²) in [5.41, 5.74) is 3.07. The van der Waals surface area contributed by atoms with Crippen molar-refractivity contribution in [3.05, 3.63) is 71.8 Å². The maximum absolute atomic E-state index is 6.11. The topological polar surface area (TPSA) is 79.4 Å². The van der Waals surface area contributed by atoms with Crippen molar-refractivity contribution in [1.82, 2.24) is 29.7 Å². The van der Waals surface area contributed by atoms with Crippen LogP contribution in [0.3, 0.4) is 0 Å². The van der Waals surface area contributed by atoms with E-state index in [4.69, 9.17) is 21.6 Å². The van der Waals surface area contributed by atoms with E-state index in [-0.39, 0.29) is 6.17 Å². The van der Waals surface area contributed by atoms with Crippen LogP contribution in [0.5, 0.6) is 0 Å². The van der Waals surface area contributed by atoms with E-state index in [0.717, 1.165) is 28.5 Å². The highest BCUT2D eigenvalue weighted by Gasteiger charge is 2.36. The molecule has 0 saturated carbocycles. The molecule has 4 aromatic rings. The Kier molecular flexibility index (Phi) is 3.51. The fourth-order valence-corrected chi connectivity index (χ4v) is 3.94. The quantitative estimate of drug-likeness (QED) is 0.550. The Labute approximate surface area is 170 Å². The lowest BCUT2D eigenvalue weighted by Gasteiger charge is -2.42. The molecule has 2 aromatic heterocycles. The highest BCUT2D eigenvalue weighted by Crippen LogP contribution is 2.34. The second-order valence-electron chi connectivity index (χ2n) is 6.91. The lowest BCUT2D eigenvalue weighted by atomic mass is 10.1. The lowest BCUT2D eigenvalue weighted by molar-refractivity contribution is 0.495. The van der Waals surface area contributed by atoms with Crippen molar-refractivity contribution >= 4 is 34.5 Å². The summed E-state index contributed by atoms with van der Waals surface area (Å²) < 4.78 is 4.03. The second-order valence-corrected chi connectivity index (χ2v) is 7.35. The molecule has 10 heteroatoms. The number of rotatable bonds is 2. The molecule has 2 aromatic carbocycles. The van der Waals surface area contributed by atoms with E-state index in [9.17, 15) is 0 Å². The van der Waals surface area contributed by atoms with Crippen LogP contribution in [0.15, 0.2) is 66.2 Å². The Bertz CT molecular complexity index is 1210. The van der Waals surface area contributed by atoms with Crippen LogP contribution in [-0.4, -0.2) is 43.7 Å². The maximum atomic E-state index is 6.11. The van der Waals surface area contributed by atoms with Gasteiger partial charge in [0.25, 0.3) is 0 Å². The lowest BCUT2D eigenvalue weighted by Crippen LogP contribution is -2.59. The van der Waals surface area contributed by atoms with Crippen LogP contribution in [-0.2, 0) is 0 Å². The van der Waals surface area contributed by atoms with Crippen molar-refractivity contribution in [1.29, 1.82) is 0 Å². The number of imidazole rings is 1. The molecule has 0 aliphatic carbocycles. The third-order valence-corrected chi connectivity index (χ3v) is 5.46. The van der Waals surface area contributed by atoms with Gasteiger partial charge in [0.2, 0.25) is 11.9 Å². The molecule has 29 heavy (non-hydrogen) atoms. The van der Waals surface area contributed by atoms with E-state index < -0.39 is 0 Å². The van der Waals surface area contributed by atoms with Crippen LogP contribution >= 0.6 is 11.6 Å². The van der Waals surface area contributed by atoms with Crippen molar-refractivity contribution in [2.75, 3.05) is 23.2 Å². The molecule has 1 atom stereocenters. The van der Waals surface area contributed by atoms with Gasteiger partial charge < -0.3 is 5.32 Å². The highest BCUT2D eigenvalue weighted by molar-refractivity contribution is 6.30. The summed E-state index contributed by atoms with van der Waals surface area (Å²) in [5, 5.41) is 14.1. The molecule has 6 rings (SSSR count). The average Bonchev–Trinajstić information content (AvgIpc) is 3.42. The van der Waals surface area contributed by atoms with Crippen molar-refractivity contribution in [2.45, 2.75) is 6.17 Å². The van der Waals surface area contributed by atoms with Crippen LogP contribution in [0.4, 0.5) is 5.95 Å². The smallest absolute Gasteiger partial charge is 0.217 e. The number of hydrogen-bond donors (Lipinski definition) is 1. The molecule has 144 valence electrons. The molecule has 0 amide bonds. The normalized spacial score (nSPS) is 18.2. The Balaban J connectivity index is 1.51. The summed E-state index contributed by atoms with van der Waals surface area (Å²) in [4.78, 5) is 11.7. The summed E-state index contributed by atoms with van der Waals surface area (Å²) in [7, 11) is 0. The van der Waals surface area contributed by atoms with Gasteiger partial charge in [0, 0.05) is 5.02 Å². The van der Waals surface area contributed by atoms with Gasteiger partial charge in [0.1, 0.15) is 32.2 Å². The van der Waals surface area contributed by atoms with E-state index in [1.165, 1.54) is 0 Å². The van der Waals surface area contributed by atoms with E-state index in [0.29, 0.717) is 18.4 Å². The number of nitrogens with one attached hydrogen (secondary N) is 1. The van der Waals surface area contributed by atoms with Crippen molar-refractivity contribution in [3.8, 4) is 0 Å². The van der Waals surface area contributed by atoms with Crippen LogP contribution < -0.4 is 15.2 Å². The molecule has 0 bridgehead atoms. The van der Waals surface area contributed by atoms with E-state index in [1.54, 1.807) is 12.7 Å². The summed E-state index contributed by atoms with van der Waals surface area (Å²) in [6.07, 6.45) is 3.19. The number of aliphatic imine (C=N–C) groups is 1. The van der Waals surface area contributed by atoms with Crippen molar-refractivity contribution < 1.29 is 0 Å². The summed E-state index contributed by atoms with van der Waals surface area (Å²) in [6, 6.07) is 16.0. The molecule has 0 saturated heterocycles. The number of aromatic nitrogens is 5. The zero-order valence-corrected chi connectivity index (χ0v) is 16.0. The van der Waals surface area contributed by atoms with Gasteiger partial charge in [0.15, 0.2) is 0 Å². The van der Waals surface area contributed by atoms with Gasteiger partial charge in [-0.1, -0.05) is 35.9 Å². The predicted octanol–water partition coefficient (Wildman–Crippen LogP) is 2.16. The molecule has 0 spiro atoms. The van der Waals surface area contributed by atoms with Crippen LogP contribution in [0.25, 0.3) is 11.0 Å². The standard InChI is InChI=1S/C19H16ClN9/c20-14-7-5-13(6-8-14)17-25-18-21-9-27(26-10-22-23-11-26)12-28(18)19-24-15-3-1-2-4-16(15)29(17)19/h1-8,10-11,17H,9,12H2,(H,21,25). The number of hydrogen-bond acceptors (Lipinski definition) is 7. The first-order valence-corrected chi connectivity index (χ1v) is 9.56. The number of halogens is 1. The Morgan fingerprint density at radius 3 is 2.62 bits per heavy atom. The molecule has 2 aliphatic heterocycles. The van der Waals surface area contributed by atoms with E-state index in [1.807, 2.05) is 52.1 Å². The number of nitrogens with zero attached hydrogens (tertiary/aromatic N) is 8. The molecular formula is C19H16ClN9. The third-order valence-electron chi connectivity index (χ3n) is 5.21. The summed E-state index contributed by atoms with van der Waals surface area (Å²) in [5.74, 6) is 1.62. The fraction of sp³-hybridized carbons (Fsp3) is 0.158. The van der Waals surface area contributed by atoms with E-state index in [2.05, 4.69) is 31.0 Å². The third kappa shape index (κ3) is 2.54. The minimum absolute atomic E-state index is 0.133. The average molecular weight is 406 g/mol. The number of para-hydroxylation sites is 2. The largest absolute Gasteiger partial charge is 0.331 e. The summed E-state index contributed by atoms with van der Waals surface area (Å²) >= 11 is 6.11. The highest BCUT2D eigenvalue weighted by atomic mass is 35.5. The van der Waals surface area contributed by atoms with Gasteiger partial charge >= 0.3 is 0 Å². The first-order chi connectivity index (χ1) is 14.3. The summed E-state index contributed by atoms with van der Waals surface area (Å²) in [6.45, 7) is 1.06. The zero-order chi connectivity index (χ0) is 19.4. The van der Waals surface area contributed by atoms with Gasteiger partial charge in [-0.05, 0) is 29.8 Å². The van der Waals surface area contributed by atoms with E-state index >= 15 is 0 Å². The molecule has 1 N–H and O–H groups in total. The molecule has 0 fully saturated rings. The number of benzene rings is 2. The maximum Gasteiger partial charge on any atom is 0.217 e. The van der Waals surface area contributed by atoms with Crippen LogP contribution in [0, 0.1) is 0 Å². The minimum atomic E-state index is -0.133. The monoisotopic (exact) mass is 405 g/mol. The predicted molar refractivity (Wildman–Crippen MR) is 110 cm³/mol. The van der Waals surface area contributed by atoms with Crippen molar-refractivity contribution in [2.24, 2.45) is 4.99 Å². The zero-order valence-electron chi connectivity index (χ0n) is 15.2. The van der Waals surface area contributed by atoms with Gasteiger partial charge in [-0.15, -0.1) is 10.2 Å².